The van der Waals surface area contributed by atoms with Gasteiger partial charge in [0, 0.05) is 69.5 Å². The summed E-state index contributed by atoms with van der Waals surface area (Å²) >= 11 is 0. The van der Waals surface area contributed by atoms with Crippen molar-refractivity contribution in [3.05, 3.63) is 168 Å². The first-order valence-corrected chi connectivity index (χ1v) is 18.0. The number of rotatable bonds is 4. The summed E-state index contributed by atoms with van der Waals surface area (Å²) in [6.07, 6.45) is 12.6. The lowest BCUT2D eigenvalue weighted by Crippen LogP contribution is -2.31. The van der Waals surface area contributed by atoms with E-state index in [1.165, 1.54) is 87.8 Å². The van der Waals surface area contributed by atoms with Crippen LogP contribution in [-0.2, 0) is 16.2 Å². The molecule has 0 atom stereocenters. The number of aromatic nitrogens is 4. The molecule has 0 aliphatic carbocycles. The molecule has 248 valence electrons. The van der Waals surface area contributed by atoms with Crippen LogP contribution in [-0.4, -0.2) is 18.8 Å². The molecule has 6 heterocycles. The van der Waals surface area contributed by atoms with Gasteiger partial charge in [-0.1, -0.05) is 102 Å². The maximum absolute atomic E-state index is 4.63. The Bertz CT molecular complexity index is 2710. The van der Waals surface area contributed by atoms with Crippen LogP contribution in [0.25, 0.3) is 54.4 Å². The molecule has 6 aromatic heterocycles. The van der Waals surface area contributed by atoms with Gasteiger partial charge in [0.15, 0.2) is 0 Å². The van der Waals surface area contributed by atoms with Gasteiger partial charge >= 0.3 is 0 Å². The molecule has 0 spiro atoms. The van der Waals surface area contributed by atoms with Crippen LogP contribution >= 0.6 is 0 Å². The van der Waals surface area contributed by atoms with Crippen molar-refractivity contribution in [3.63, 3.8) is 0 Å². The van der Waals surface area contributed by atoms with Crippen LogP contribution in [0.1, 0.15) is 74.9 Å². The highest BCUT2D eigenvalue weighted by Gasteiger charge is 2.41. The molecular weight excluding hydrogens is 621 g/mol. The second-order valence-electron chi connectivity index (χ2n) is 16.4. The highest BCUT2D eigenvalue weighted by Crippen LogP contribution is 2.51. The molecule has 0 aliphatic rings. The van der Waals surface area contributed by atoms with Gasteiger partial charge in [-0.25, -0.2) is 0 Å². The maximum Gasteiger partial charge on any atom is 0.0702 e. The van der Waals surface area contributed by atoms with E-state index in [0.29, 0.717) is 0 Å². The van der Waals surface area contributed by atoms with Crippen molar-refractivity contribution in [1.82, 2.24) is 18.8 Å². The number of hydrogen-bond donors (Lipinski definition) is 0. The zero-order valence-corrected chi connectivity index (χ0v) is 30.0. The minimum atomic E-state index is -0.650. The van der Waals surface area contributed by atoms with Gasteiger partial charge < -0.3 is 8.80 Å². The molecule has 0 radical (unpaired) electrons. The van der Waals surface area contributed by atoms with Crippen molar-refractivity contribution in [2.45, 2.75) is 57.8 Å². The smallest absolute Gasteiger partial charge is 0.0702 e. The molecule has 10 rings (SSSR count). The van der Waals surface area contributed by atoms with Gasteiger partial charge in [-0.05, 0) is 80.6 Å². The van der Waals surface area contributed by atoms with Crippen LogP contribution < -0.4 is 0 Å². The van der Waals surface area contributed by atoms with Crippen LogP contribution in [0.4, 0.5) is 0 Å². The Morgan fingerprint density at radius 3 is 1.22 bits per heavy atom. The molecule has 4 heteroatoms. The van der Waals surface area contributed by atoms with E-state index in [2.05, 4.69) is 170 Å². The Labute approximate surface area is 297 Å². The molecule has 0 saturated heterocycles. The van der Waals surface area contributed by atoms with Crippen molar-refractivity contribution in [1.29, 1.82) is 0 Å². The summed E-state index contributed by atoms with van der Waals surface area (Å²) < 4.78 is 4.79. The fourth-order valence-corrected chi connectivity index (χ4v) is 9.13. The molecule has 4 aromatic carbocycles. The van der Waals surface area contributed by atoms with E-state index < -0.39 is 5.41 Å². The minimum absolute atomic E-state index is 0.0574. The third kappa shape index (κ3) is 4.02. The van der Waals surface area contributed by atoms with Gasteiger partial charge in [-0.2, -0.15) is 0 Å². The van der Waals surface area contributed by atoms with Gasteiger partial charge in [0.05, 0.1) is 27.5 Å². The summed E-state index contributed by atoms with van der Waals surface area (Å²) in [4.78, 5) is 9.27. The third-order valence-electron chi connectivity index (χ3n) is 11.4. The lowest BCUT2D eigenvalue weighted by molar-refractivity contribution is 0.595. The summed E-state index contributed by atoms with van der Waals surface area (Å²) in [5.74, 6) is 0. The fraction of sp³-hybridized carbons (Fsp3) is 0.191. The van der Waals surface area contributed by atoms with E-state index in [1.807, 2.05) is 24.8 Å². The largest absolute Gasteiger partial charge is 0.315 e. The Morgan fingerprint density at radius 2 is 0.824 bits per heavy atom. The number of nitrogens with zero attached hydrogens (tertiary/aromatic N) is 4. The summed E-state index contributed by atoms with van der Waals surface area (Å²) in [5, 5.41) is 7.42. The standard InChI is InChI=1S/C47H40N4/c1-45(2,3)39-27-50-41-17-19-48-25-37(41)33-21-31(23-35(39)43(33)50)47(29-13-9-7-10-14-29,30-15-11-8-12-16-30)32-22-34-38-26-49-20-18-42(38)51-28-40(46(4,5)6)36(24-32)44(34)51/h7-28H,1-6H3. The summed E-state index contributed by atoms with van der Waals surface area (Å²) in [7, 11) is 0. The highest BCUT2D eigenvalue weighted by atomic mass is 14.9. The van der Waals surface area contributed by atoms with Crippen LogP contribution in [0, 0.1) is 0 Å². The third-order valence-corrected chi connectivity index (χ3v) is 11.4. The second-order valence-corrected chi connectivity index (χ2v) is 16.4. The van der Waals surface area contributed by atoms with Gasteiger partial charge in [0.1, 0.15) is 0 Å². The first kappa shape index (κ1) is 30.1. The molecule has 0 fully saturated rings. The molecule has 51 heavy (non-hydrogen) atoms. The van der Waals surface area contributed by atoms with Crippen molar-refractivity contribution in [3.8, 4) is 0 Å². The van der Waals surface area contributed by atoms with E-state index in [4.69, 9.17) is 0 Å². The van der Waals surface area contributed by atoms with Crippen molar-refractivity contribution in [2.75, 3.05) is 0 Å². The predicted octanol–water partition coefficient (Wildman–Crippen LogP) is 11.4. The van der Waals surface area contributed by atoms with Crippen molar-refractivity contribution in [2.24, 2.45) is 0 Å². The first-order valence-electron chi connectivity index (χ1n) is 18.0. The summed E-state index contributed by atoms with van der Waals surface area (Å²) in [6, 6.07) is 36.5. The lowest BCUT2D eigenvalue weighted by Gasteiger charge is -2.37. The first-order chi connectivity index (χ1) is 24.6. The van der Waals surface area contributed by atoms with E-state index in [9.17, 15) is 0 Å². The molecule has 0 saturated carbocycles. The molecular formula is C47H40N4. The second kappa shape index (κ2) is 10.2. The average Bonchev–Trinajstić information content (AvgIpc) is 3.88. The highest BCUT2D eigenvalue weighted by molar-refractivity contribution is 6.17. The Balaban J connectivity index is 1.44. The zero-order valence-electron chi connectivity index (χ0n) is 30.0. The zero-order chi connectivity index (χ0) is 34.9. The average molecular weight is 661 g/mol. The van der Waals surface area contributed by atoms with Crippen molar-refractivity contribution >= 4 is 54.4 Å². The van der Waals surface area contributed by atoms with Crippen molar-refractivity contribution < 1.29 is 0 Å². The molecule has 10 aromatic rings. The van der Waals surface area contributed by atoms with Gasteiger partial charge in [0.25, 0.3) is 0 Å². The normalized spacial score (nSPS) is 13.3. The van der Waals surface area contributed by atoms with Crippen LogP contribution in [0.2, 0.25) is 0 Å². The number of hydrogen-bond acceptors (Lipinski definition) is 2. The predicted molar refractivity (Wildman–Crippen MR) is 212 cm³/mol. The van der Waals surface area contributed by atoms with Crippen LogP contribution in [0.5, 0.6) is 0 Å². The lowest BCUT2D eigenvalue weighted by atomic mass is 9.64. The maximum atomic E-state index is 4.63. The molecule has 0 unspecified atom stereocenters. The van der Waals surface area contributed by atoms with Gasteiger partial charge in [-0.15, -0.1) is 0 Å². The monoisotopic (exact) mass is 660 g/mol. The molecule has 4 nitrogen and oxygen atoms in total. The quantitative estimate of drug-likeness (QED) is 0.176. The van der Waals surface area contributed by atoms with Gasteiger partial charge in [0.2, 0.25) is 0 Å². The van der Waals surface area contributed by atoms with Crippen LogP contribution in [0.15, 0.2) is 134 Å². The molecule has 0 aliphatic heterocycles. The number of benzene rings is 4. The van der Waals surface area contributed by atoms with Crippen LogP contribution in [0.3, 0.4) is 0 Å². The molecule has 0 bridgehead atoms. The number of fused-ring (bicyclic) bond motifs is 6. The molecule has 0 amide bonds. The Morgan fingerprint density at radius 1 is 0.431 bits per heavy atom. The topological polar surface area (TPSA) is 34.6 Å². The van der Waals surface area contributed by atoms with E-state index in [1.54, 1.807) is 0 Å². The van der Waals surface area contributed by atoms with E-state index >= 15 is 0 Å². The summed E-state index contributed by atoms with van der Waals surface area (Å²) in [5.41, 5.74) is 11.8. The molecule has 0 N–H and O–H groups in total. The van der Waals surface area contributed by atoms with E-state index in [0.717, 1.165) is 0 Å². The van der Waals surface area contributed by atoms with Gasteiger partial charge in [-0.3, -0.25) is 9.97 Å². The Hall–Kier alpha value is -5.74. The SMILES string of the molecule is CC(C)(C)c1cn2c3ccncc3c3cc(C(c4ccccc4)(c4ccccc4)c4cc5c(C(C)(C)C)cn6c7ccncc7c(c4)c56)cc1c32. The minimum Gasteiger partial charge on any atom is -0.315 e. The fourth-order valence-electron chi connectivity index (χ4n) is 9.13. The Kier molecular flexibility index (Phi) is 6.00. The van der Waals surface area contributed by atoms with E-state index in [-0.39, 0.29) is 10.8 Å². The number of pyridine rings is 2. The summed E-state index contributed by atoms with van der Waals surface area (Å²) in [6.45, 7) is 14.0.